The number of benzene rings is 1. The molecule has 2 amide bonds. The van der Waals surface area contributed by atoms with Crippen molar-refractivity contribution in [2.45, 2.75) is 66.5 Å². The van der Waals surface area contributed by atoms with Crippen LogP contribution in [0.25, 0.3) is 5.57 Å². The minimum Gasteiger partial charge on any atom is -0.334 e. The number of imidazole rings is 1. The molecular weight excluding hydrogens is 433 g/mol. The minimum absolute atomic E-state index is 0.101. The maximum Gasteiger partial charge on any atom is 0.274 e. The number of hydrogen-bond donors (Lipinski definition) is 2. The van der Waals surface area contributed by atoms with Crippen LogP contribution >= 0.6 is 0 Å². The summed E-state index contributed by atoms with van der Waals surface area (Å²) in [5.41, 5.74) is 0.00105. The van der Waals surface area contributed by atoms with Gasteiger partial charge in [-0.15, -0.1) is 0 Å². The van der Waals surface area contributed by atoms with Crippen molar-refractivity contribution < 1.29 is 14.0 Å². The molecular formula is C26H34FN5O2. The van der Waals surface area contributed by atoms with Gasteiger partial charge in [0.1, 0.15) is 22.9 Å². The van der Waals surface area contributed by atoms with Gasteiger partial charge in [-0.25, -0.2) is 9.37 Å². The molecule has 0 atom stereocenters. The highest BCUT2D eigenvalue weighted by Crippen LogP contribution is 2.35. The first-order valence-corrected chi connectivity index (χ1v) is 11.3. The van der Waals surface area contributed by atoms with Gasteiger partial charge >= 0.3 is 0 Å². The molecule has 1 saturated heterocycles. The summed E-state index contributed by atoms with van der Waals surface area (Å²) < 4.78 is 13.3. The van der Waals surface area contributed by atoms with E-state index in [1.807, 2.05) is 41.5 Å². The van der Waals surface area contributed by atoms with E-state index < -0.39 is 16.5 Å². The van der Waals surface area contributed by atoms with Crippen LogP contribution in [0.1, 0.15) is 77.3 Å². The van der Waals surface area contributed by atoms with Crippen LogP contribution in [0.3, 0.4) is 0 Å². The van der Waals surface area contributed by atoms with Crippen molar-refractivity contribution in [3.63, 3.8) is 0 Å². The molecule has 1 fully saturated rings. The molecule has 1 aliphatic rings. The zero-order valence-corrected chi connectivity index (χ0v) is 21.2. The maximum atomic E-state index is 13.4. The number of hydrogen-bond acceptors (Lipinski definition) is 4. The Morgan fingerprint density at radius 3 is 2.24 bits per heavy atom. The smallest absolute Gasteiger partial charge is 0.274 e. The summed E-state index contributed by atoms with van der Waals surface area (Å²) in [6.45, 7) is 15.5. The number of H-pyrrole nitrogens is 1. The lowest BCUT2D eigenvalue weighted by Crippen LogP contribution is -2.47. The van der Waals surface area contributed by atoms with Gasteiger partial charge in [0.25, 0.3) is 5.91 Å². The molecule has 7 nitrogen and oxygen atoms in total. The van der Waals surface area contributed by atoms with Crippen molar-refractivity contribution in [2.75, 3.05) is 6.67 Å². The number of aromatic nitrogens is 2. The van der Waals surface area contributed by atoms with Gasteiger partial charge in [-0.3, -0.25) is 9.59 Å². The average molecular weight is 468 g/mol. The molecule has 2 heterocycles. The first-order valence-electron chi connectivity index (χ1n) is 11.3. The van der Waals surface area contributed by atoms with Crippen LogP contribution in [0.15, 0.2) is 36.5 Å². The third-order valence-electron chi connectivity index (χ3n) is 6.09. The van der Waals surface area contributed by atoms with E-state index in [4.69, 9.17) is 5.41 Å². The standard InChI is InChI=1S/C26H34FN5O2/c1-24(2,3)18(13-19(28)16-9-11-17(27)12-10-16)21-29-14-20(30-21)22(33)31-15-32(25(4,5)6)23(34)26(31,7)8/h9-14,28H,15H2,1-8H3,(H,29,30)/b18-13+,28-19?. The van der Waals surface area contributed by atoms with Crippen LogP contribution in [-0.4, -0.2) is 55.0 Å². The van der Waals surface area contributed by atoms with E-state index in [2.05, 4.69) is 9.97 Å². The molecule has 1 aliphatic heterocycles. The summed E-state index contributed by atoms with van der Waals surface area (Å²) in [5.74, 6) is -0.306. The largest absolute Gasteiger partial charge is 0.334 e. The summed E-state index contributed by atoms with van der Waals surface area (Å²) in [7, 11) is 0. The summed E-state index contributed by atoms with van der Waals surface area (Å²) in [6.07, 6.45) is 3.16. The number of carbonyl (C=O) groups is 2. The summed E-state index contributed by atoms with van der Waals surface area (Å²) in [6, 6.07) is 5.74. The highest BCUT2D eigenvalue weighted by atomic mass is 19.1. The molecule has 182 valence electrons. The van der Waals surface area contributed by atoms with E-state index in [1.165, 1.54) is 18.3 Å². The van der Waals surface area contributed by atoms with Crippen molar-refractivity contribution in [1.82, 2.24) is 19.8 Å². The number of allylic oxidation sites excluding steroid dienone is 2. The summed E-state index contributed by atoms with van der Waals surface area (Å²) in [4.78, 5) is 37.2. The molecule has 1 aromatic heterocycles. The second-order valence-electron chi connectivity index (χ2n) is 11.2. The number of carbonyl (C=O) groups excluding carboxylic acids is 2. The van der Waals surface area contributed by atoms with E-state index >= 15 is 0 Å². The van der Waals surface area contributed by atoms with Crippen molar-refractivity contribution in [3.8, 4) is 0 Å². The fourth-order valence-corrected chi connectivity index (χ4v) is 3.87. The van der Waals surface area contributed by atoms with Crippen LogP contribution in [-0.2, 0) is 4.79 Å². The van der Waals surface area contributed by atoms with Crippen LogP contribution in [0.5, 0.6) is 0 Å². The lowest BCUT2D eigenvalue weighted by molar-refractivity contribution is -0.135. The number of halogens is 1. The lowest BCUT2D eigenvalue weighted by atomic mass is 9.84. The summed E-state index contributed by atoms with van der Waals surface area (Å²) in [5, 5.41) is 8.48. The van der Waals surface area contributed by atoms with Crippen molar-refractivity contribution in [2.24, 2.45) is 5.41 Å². The van der Waals surface area contributed by atoms with Crippen molar-refractivity contribution >= 4 is 23.1 Å². The van der Waals surface area contributed by atoms with Crippen LogP contribution in [0, 0.1) is 16.6 Å². The van der Waals surface area contributed by atoms with Gasteiger partial charge < -0.3 is 20.2 Å². The number of nitrogens with one attached hydrogen (secondary N) is 2. The van der Waals surface area contributed by atoms with Gasteiger partial charge in [0.05, 0.1) is 18.6 Å². The van der Waals surface area contributed by atoms with Gasteiger partial charge in [-0.1, -0.05) is 20.8 Å². The molecule has 0 bridgehead atoms. The highest BCUT2D eigenvalue weighted by Gasteiger charge is 2.51. The molecule has 2 N–H and O–H groups in total. The van der Waals surface area contributed by atoms with Gasteiger partial charge in [-0.2, -0.15) is 0 Å². The van der Waals surface area contributed by atoms with Crippen LogP contribution < -0.4 is 0 Å². The Morgan fingerprint density at radius 2 is 1.74 bits per heavy atom. The quantitative estimate of drug-likeness (QED) is 0.629. The summed E-state index contributed by atoms with van der Waals surface area (Å²) >= 11 is 0. The molecule has 1 aromatic carbocycles. The van der Waals surface area contributed by atoms with E-state index in [0.717, 1.165) is 5.57 Å². The molecule has 2 aromatic rings. The molecule has 0 aliphatic carbocycles. The minimum atomic E-state index is -0.983. The molecule has 0 radical (unpaired) electrons. The third-order valence-corrected chi connectivity index (χ3v) is 6.09. The molecule has 0 spiro atoms. The number of amides is 2. The SMILES string of the molecule is CC(C)(C)/C(=C/C(=N)c1ccc(F)cc1)c1ncc(C(=O)N2CN(C(C)(C)C)C(=O)C2(C)C)[nH]1. The van der Waals surface area contributed by atoms with E-state index in [9.17, 15) is 14.0 Å². The predicted molar refractivity (Wildman–Crippen MR) is 131 cm³/mol. The van der Waals surface area contributed by atoms with Gasteiger partial charge in [0.15, 0.2) is 0 Å². The Labute approximate surface area is 200 Å². The lowest BCUT2D eigenvalue weighted by Gasteiger charge is -2.31. The van der Waals surface area contributed by atoms with Crippen LogP contribution in [0.4, 0.5) is 4.39 Å². The first-order chi connectivity index (χ1) is 15.5. The first kappa shape index (κ1) is 25.3. The fraction of sp³-hybridized carbons (Fsp3) is 0.462. The Kier molecular flexibility index (Phi) is 6.33. The Morgan fingerprint density at radius 1 is 1.15 bits per heavy atom. The normalized spacial score (nSPS) is 16.9. The highest BCUT2D eigenvalue weighted by molar-refractivity contribution is 6.10. The molecule has 34 heavy (non-hydrogen) atoms. The van der Waals surface area contributed by atoms with Gasteiger partial charge in [-0.05, 0) is 75.9 Å². The Hall–Kier alpha value is -3.29. The Bertz CT molecular complexity index is 1150. The molecule has 0 unspecified atom stereocenters. The zero-order chi connectivity index (χ0) is 25.6. The van der Waals surface area contributed by atoms with Crippen molar-refractivity contribution in [3.05, 3.63) is 59.4 Å². The number of rotatable bonds is 4. The topological polar surface area (TPSA) is 93.2 Å². The average Bonchev–Trinajstić information content (AvgIpc) is 3.28. The number of nitrogens with zero attached hydrogens (tertiary/aromatic N) is 3. The van der Waals surface area contributed by atoms with Gasteiger partial charge in [0, 0.05) is 11.1 Å². The third kappa shape index (κ3) is 4.81. The Balaban J connectivity index is 1.94. The second-order valence-corrected chi connectivity index (χ2v) is 11.2. The molecule has 8 heteroatoms. The van der Waals surface area contributed by atoms with E-state index in [1.54, 1.807) is 41.9 Å². The molecule has 3 rings (SSSR count). The number of aromatic amines is 1. The maximum absolute atomic E-state index is 13.4. The van der Waals surface area contributed by atoms with Crippen LogP contribution in [0.2, 0.25) is 0 Å². The van der Waals surface area contributed by atoms with E-state index in [-0.39, 0.29) is 35.7 Å². The predicted octanol–water partition coefficient (Wildman–Crippen LogP) is 4.87. The second kappa shape index (κ2) is 8.49. The molecule has 0 saturated carbocycles. The monoisotopic (exact) mass is 467 g/mol. The van der Waals surface area contributed by atoms with E-state index in [0.29, 0.717) is 11.4 Å². The fourth-order valence-electron chi connectivity index (χ4n) is 3.87. The zero-order valence-electron chi connectivity index (χ0n) is 21.2. The van der Waals surface area contributed by atoms with Gasteiger partial charge in [0.2, 0.25) is 5.91 Å². The van der Waals surface area contributed by atoms with Crippen molar-refractivity contribution in [1.29, 1.82) is 5.41 Å².